The van der Waals surface area contributed by atoms with Gasteiger partial charge in [0.1, 0.15) is 23.4 Å². The monoisotopic (exact) mass is 570 g/mol. The molecule has 0 saturated carbocycles. The molecule has 0 fully saturated rings. The molecule has 0 saturated heterocycles. The van der Waals surface area contributed by atoms with Crippen molar-refractivity contribution < 1.29 is 36.4 Å². The minimum Gasteiger partial charge on any atom is -0.493 e. The maximum absolute atomic E-state index is 13.0. The molecule has 3 N–H and O–H groups in total. The molecule has 0 radical (unpaired) electrons. The van der Waals surface area contributed by atoms with E-state index >= 15 is 0 Å². The van der Waals surface area contributed by atoms with Crippen molar-refractivity contribution in [2.24, 2.45) is 0 Å². The van der Waals surface area contributed by atoms with Crippen LogP contribution in [-0.2, 0) is 34.3 Å². The van der Waals surface area contributed by atoms with Crippen molar-refractivity contribution in [3.05, 3.63) is 107 Å². The summed E-state index contributed by atoms with van der Waals surface area (Å²) < 4.78 is 50.6. The lowest BCUT2D eigenvalue weighted by molar-refractivity contribution is -0.139. The summed E-state index contributed by atoms with van der Waals surface area (Å²) in [4.78, 5) is 16.3. The molecule has 1 aromatic heterocycles. The highest BCUT2D eigenvalue weighted by molar-refractivity contribution is 7.85. The van der Waals surface area contributed by atoms with E-state index in [4.69, 9.17) is 13.7 Å². The van der Waals surface area contributed by atoms with Crippen LogP contribution in [0.25, 0.3) is 11.5 Å². The second kappa shape index (κ2) is 14.4. The first-order valence-electron chi connectivity index (χ1n) is 12.3. The standard InChI is InChI=1S/C28H27FN2O4.CH4O3S/c1-19-25(31-27(35-19)22-5-3-2-4-6-22)15-16-34-24-13-9-20(10-14-24)17-26(28(32)33)30-18-21-7-11-23(29)12-8-21;1-5(2,3)4/h2-14,26,30H,15-18H2,1H3,(H,32,33);1H3,(H,2,3,4)/t26-;/m0./s1. The number of carboxylic acid groups (broad SMARTS) is 1. The first-order valence-corrected chi connectivity index (χ1v) is 14.2. The van der Waals surface area contributed by atoms with Crippen molar-refractivity contribution >= 4 is 16.1 Å². The summed E-state index contributed by atoms with van der Waals surface area (Å²) in [6.45, 7) is 2.68. The molecule has 0 amide bonds. The van der Waals surface area contributed by atoms with E-state index in [0.29, 0.717) is 43.9 Å². The first kappa shape index (κ1) is 30.5. The molecule has 9 nitrogen and oxygen atoms in total. The molecule has 40 heavy (non-hydrogen) atoms. The van der Waals surface area contributed by atoms with Gasteiger partial charge in [0.25, 0.3) is 10.1 Å². The zero-order valence-electron chi connectivity index (χ0n) is 22.1. The number of carbonyl (C=O) groups is 1. The van der Waals surface area contributed by atoms with Crippen molar-refractivity contribution in [1.29, 1.82) is 0 Å². The lowest BCUT2D eigenvalue weighted by Crippen LogP contribution is -2.38. The quantitative estimate of drug-likeness (QED) is 0.219. The fourth-order valence-corrected chi connectivity index (χ4v) is 3.68. The number of carboxylic acids is 1. The van der Waals surface area contributed by atoms with Crippen molar-refractivity contribution in [2.45, 2.75) is 32.4 Å². The fraction of sp³-hybridized carbons (Fsp3) is 0.241. The van der Waals surface area contributed by atoms with Crippen LogP contribution < -0.4 is 10.1 Å². The molecule has 0 aliphatic heterocycles. The third kappa shape index (κ3) is 10.6. The van der Waals surface area contributed by atoms with Crippen LogP contribution in [0.15, 0.2) is 83.3 Å². The smallest absolute Gasteiger partial charge is 0.321 e. The summed E-state index contributed by atoms with van der Waals surface area (Å²) in [5.41, 5.74) is 3.48. The van der Waals surface area contributed by atoms with Crippen molar-refractivity contribution in [3.63, 3.8) is 0 Å². The van der Waals surface area contributed by atoms with E-state index < -0.39 is 22.1 Å². The van der Waals surface area contributed by atoms with Crippen molar-refractivity contribution in [2.75, 3.05) is 12.9 Å². The number of oxazole rings is 1. The Morgan fingerprint density at radius 2 is 1.62 bits per heavy atom. The molecule has 3 aromatic carbocycles. The van der Waals surface area contributed by atoms with Gasteiger partial charge < -0.3 is 19.6 Å². The Labute approximate surface area is 232 Å². The number of rotatable bonds is 11. The summed E-state index contributed by atoms with van der Waals surface area (Å²) in [5, 5.41) is 12.6. The number of nitrogens with zero attached hydrogens (tertiary/aromatic N) is 1. The Morgan fingerprint density at radius 1 is 1.02 bits per heavy atom. The molecular weight excluding hydrogens is 539 g/mol. The largest absolute Gasteiger partial charge is 0.493 e. The predicted octanol–water partition coefficient (Wildman–Crippen LogP) is 4.70. The van der Waals surface area contributed by atoms with Crippen LogP contribution >= 0.6 is 0 Å². The molecule has 212 valence electrons. The molecule has 1 atom stereocenters. The van der Waals surface area contributed by atoms with Gasteiger partial charge in [-0.1, -0.05) is 42.5 Å². The van der Waals surface area contributed by atoms with Gasteiger partial charge in [-0.3, -0.25) is 9.35 Å². The van der Waals surface area contributed by atoms with Crippen LogP contribution in [-0.4, -0.2) is 47.9 Å². The van der Waals surface area contributed by atoms with E-state index in [1.807, 2.05) is 61.5 Å². The summed E-state index contributed by atoms with van der Waals surface area (Å²) in [7, 11) is -3.67. The number of aromatic nitrogens is 1. The van der Waals surface area contributed by atoms with Crippen molar-refractivity contribution in [1.82, 2.24) is 10.3 Å². The highest BCUT2D eigenvalue weighted by atomic mass is 32.2. The topological polar surface area (TPSA) is 139 Å². The maximum Gasteiger partial charge on any atom is 0.321 e. The lowest BCUT2D eigenvalue weighted by atomic mass is 10.1. The minimum absolute atomic E-state index is 0.317. The number of benzene rings is 3. The number of halogens is 1. The fourth-order valence-electron chi connectivity index (χ4n) is 3.68. The second-order valence-corrected chi connectivity index (χ2v) is 10.4. The van der Waals surface area contributed by atoms with E-state index in [0.717, 1.165) is 28.1 Å². The van der Waals surface area contributed by atoms with Gasteiger partial charge in [-0.2, -0.15) is 8.42 Å². The summed E-state index contributed by atoms with van der Waals surface area (Å²) in [6, 6.07) is 22.4. The lowest BCUT2D eigenvalue weighted by Gasteiger charge is -2.15. The van der Waals surface area contributed by atoms with Gasteiger partial charge in [-0.15, -0.1) is 0 Å². The molecule has 0 aliphatic rings. The number of hydrogen-bond donors (Lipinski definition) is 3. The summed E-state index contributed by atoms with van der Waals surface area (Å²) in [5.74, 6) is 0.813. The van der Waals surface area contributed by atoms with E-state index in [1.54, 1.807) is 12.1 Å². The molecule has 4 aromatic rings. The van der Waals surface area contributed by atoms with Crippen LogP contribution in [0.1, 0.15) is 22.6 Å². The van der Waals surface area contributed by atoms with Gasteiger partial charge in [0.05, 0.1) is 18.6 Å². The zero-order chi connectivity index (χ0) is 29.1. The number of hydrogen-bond acceptors (Lipinski definition) is 7. The SMILES string of the molecule is CS(=O)(=O)O.Cc1oc(-c2ccccc2)nc1CCOc1ccc(C[C@H](NCc2ccc(F)cc2)C(=O)O)cc1. The van der Waals surface area contributed by atoms with Gasteiger partial charge in [-0.05, 0) is 60.9 Å². The average Bonchev–Trinajstić information content (AvgIpc) is 3.28. The first-order chi connectivity index (χ1) is 19.0. The maximum atomic E-state index is 13.0. The average molecular weight is 571 g/mol. The summed E-state index contributed by atoms with van der Waals surface area (Å²) >= 11 is 0. The van der Waals surface area contributed by atoms with Crippen molar-refractivity contribution in [3.8, 4) is 17.2 Å². The number of nitrogens with one attached hydrogen (secondary N) is 1. The Kier molecular flexibility index (Phi) is 10.9. The van der Waals surface area contributed by atoms with Gasteiger partial charge in [0.2, 0.25) is 5.89 Å². The third-order valence-corrected chi connectivity index (χ3v) is 5.65. The van der Waals surface area contributed by atoms with Crippen LogP contribution in [0.2, 0.25) is 0 Å². The summed E-state index contributed by atoms with van der Waals surface area (Å²) in [6.07, 6.45) is 1.64. The van der Waals surface area contributed by atoms with Crippen LogP contribution in [0, 0.1) is 12.7 Å². The van der Waals surface area contributed by atoms with Gasteiger partial charge >= 0.3 is 5.97 Å². The Hall–Kier alpha value is -4.06. The molecule has 11 heteroatoms. The van der Waals surface area contributed by atoms with Gasteiger partial charge in [0, 0.05) is 18.5 Å². The Bertz CT molecular complexity index is 1470. The van der Waals surface area contributed by atoms with Gasteiger partial charge in [0.15, 0.2) is 0 Å². The van der Waals surface area contributed by atoms with E-state index in [-0.39, 0.29) is 5.82 Å². The number of ether oxygens (including phenoxy) is 1. The van der Waals surface area contributed by atoms with Crippen LogP contribution in [0.4, 0.5) is 4.39 Å². The molecule has 4 rings (SSSR count). The highest BCUT2D eigenvalue weighted by Crippen LogP contribution is 2.22. The van der Waals surface area contributed by atoms with Crippen LogP contribution in [0.3, 0.4) is 0 Å². The molecular formula is C29H31FN2O7S. The highest BCUT2D eigenvalue weighted by Gasteiger charge is 2.17. The van der Waals surface area contributed by atoms with E-state index in [2.05, 4.69) is 10.3 Å². The van der Waals surface area contributed by atoms with E-state index in [9.17, 15) is 22.7 Å². The molecule has 0 spiro atoms. The second-order valence-electron chi connectivity index (χ2n) is 8.97. The Balaban J connectivity index is 0.000000810. The minimum atomic E-state index is -3.67. The zero-order valence-corrected chi connectivity index (χ0v) is 22.9. The molecule has 0 aliphatic carbocycles. The van der Waals surface area contributed by atoms with E-state index in [1.165, 1.54) is 12.1 Å². The van der Waals surface area contributed by atoms with Crippen LogP contribution in [0.5, 0.6) is 5.75 Å². The van der Waals surface area contributed by atoms with Gasteiger partial charge in [-0.25, -0.2) is 9.37 Å². The normalized spacial score (nSPS) is 11.8. The number of aliphatic carboxylic acids is 1. The molecule has 1 heterocycles. The predicted molar refractivity (Wildman–Crippen MR) is 148 cm³/mol. The Morgan fingerprint density at radius 3 is 2.23 bits per heavy atom. The molecule has 0 bridgehead atoms. The number of aryl methyl sites for hydroxylation is 1. The third-order valence-electron chi connectivity index (χ3n) is 5.65. The molecule has 0 unspecified atom stereocenters.